The minimum absolute atomic E-state index is 0.0695. The summed E-state index contributed by atoms with van der Waals surface area (Å²) in [6.07, 6.45) is -0.209. The molecule has 0 N–H and O–H groups in total. The monoisotopic (exact) mass is 471 g/mol. The van der Waals surface area contributed by atoms with E-state index in [-0.39, 0.29) is 36.7 Å². The van der Waals surface area contributed by atoms with Gasteiger partial charge in [-0.05, 0) is 0 Å². The molecule has 0 fully saturated rings. The lowest BCUT2D eigenvalue weighted by Crippen LogP contribution is -2.20. The maximum Gasteiger partial charge on any atom is 0.197 e. The summed E-state index contributed by atoms with van der Waals surface area (Å²) < 4.78 is -4.76. The van der Waals surface area contributed by atoms with Crippen LogP contribution in [-0.4, -0.2) is 26.3 Å². The summed E-state index contributed by atoms with van der Waals surface area (Å²) in [6.45, 7) is 0. The van der Waals surface area contributed by atoms with Gasteiger partial charge in [-0.25, -0.2) is 15.0 Å². The van der Waals surface area contributed by atoms with Gasteiger partial charge in [-0.2, -0.15) is 0 Å². The van der Waals surface area contributed by atoms with Gasteiger partial charge in [0.05, 0.1) is 19.3 Å². The molecule has 0 unspecified atom stereocenters. The molecule has 0 aliphatic carbocycles. The summed E-state index contributed by atoms with van der Waals surface area (Å²) in [6, 6.07) is 0. The summed E-state index contributed by atoms with van der Waals surface area (Å²) in [7, 11) is 0. The fourth-order valence-corrected chi connectivity index (χ4v) is 2.37. The van der Waals surface area contributed by atoms with E-state index in [4.69, 9.17) is 104 Å². The van der Waals surface area contributed by atoms with E-state index in [0.717, 1.165) is 0 Å². The minimum atomic E-state index is -1.59. The van der Waals surface area contributed by atoms with Crippen molar-refractivity contribution in [3.63, 3.8) is 0 Å². The molecule has 1 rings (SSSR count). The van der Waals surface area contributed by atoms with Crippen molar-refractivity contribution in [2.75, 3.05) is 0 Å². The topological polar surface area (TPSA) is 38.7 Å². The van der Waals surface area contributed by atoms with Gasteiger partial charge in [0.2, 0.25) is 0 Å². The molecule has 21 heavy (non-hydrogen) atoms. The zero-order valence-electron chi connectivity index (χ0n) is 9.86. The molecule has 1 aromatic heterocycles. The smallest absolute Gasteiger partial charge is 0.197 e. The van der Waals surface area contributed by atoms with Crippen LogP contribution in [0.25, 0.3) is 0 Å². The predicted octanol–water partition coefficient (Wildman–Crippen LogP) is 5.61. The Labute approximate surface area is 166 Å². The normalized spacial score (nSPS) is 13.6. The Morgan fingerprint density at radius 1 is 0.476 bits per heavy atom. The van der Waals surface area contributed by atoms with Crippen LogP contribution in [0.1, 0.15) is 17.5 Å². The van der Waals surface area contributed by atoms with Crippen LogP contribution in [0, 0.1) is 0 Å². The van der Waals surface area contributed by atoms with Crippen LogP contribution in [0.4, 0.5) is 0 Å². The van der Waals surface area contributed by atoms with Crippen LogP contribution >= 0.6 is 104 Å². The van der Waals surface area contributed by atoms with Crippen molar-refractivity contribution in [3.05, 3.63) is 17.5 Å². The summed E-state index contributed by atoms with van der Waals surface area (Å²) in [5, 5.41) is 0. The lowest BCUT2D eigenvalue weighted by molar-refractivity contribution is 0.736. The van der Waals surface area contributed by atoms with Gasteiger partial charge in [0.1, 0.15) is 17.5 Å². The Hall–Kier alpha value is 1.62. The summed E-state index contributed by atoms with van der Waals surface area (Å²) >= 11 is 51.4. The molecular weight excluding hydrogens is 469 g/mol. The third kappa shape index (κ3) is 10.2. The molecule has 120 valence electrons. The Kier molecular flexibility index (Phi) is 7.55. The van der Waals surface area contributed by atoms with Crippen molar-refractivity contribution < 1.29 is 0 Å². The lowest BCUT2D eigenvalue weighted by atomic mass is 10.3. The quantitative estimate of drug-likeness (QED) is 0.534. The molecule has 0 atom stereocenters. The van der Waals surface area contributed by atoms with Crippen molar-refractivity contribution >= 4 is 104 Å². The third-order valence-electron chi connectivity index (χ3n) is 1.85. The molecule has 0 aromatic carbocycles. The molecule has 0 aliphatic rings. The van der Waals surface area contributed by atoms with Crippen LogP contribution in [-0.2, 0) is 19.3 Å². The molecule has 0 saturated carbocycles. The largest absolute Gasteiger partial charge is 0.218 e. The van der Waals surface area contributed by atoms with Crippen LogP contribution in [0.2, 0.25) is 0 Å². The van der Waals surface area contributed by atoms with Gasteiger partial charge in [-0.3, -0.25) is 0 Å². The maximum absolute atomic E-state index is 5.71. The highest BCUT2D eigenvalue weighted by atomic mass is 35.6. The third-order valence-corrected chi connectivity index (χ3v) is 3.05. The van der Waals surface area contributed by atoms with Gasteiger partial charge in [0, 0.05) is 0 Å². The fourth-order valence-electron chi connectivity index (χ4n) is 1.30. The van der Waals surface area contributed by atoms with Gasteiger partial charge < -0.3 is 0 Å². The number of nitrogens with zero attached hydrogens (tertiary/aromatic N) is 3. The molecule has 1 heterocycles. The van der Waals surface area contributed by atoms with E-state index in [0.29, 0.717) is 0 Å². The first-order valence-electron chi connectivity index (χ1n) is 5.16. The van der Waals surface area contributed by atoms with Gasteiger partial charge >= 0.3 is 0 Å². The second kappa shape index (κ2) is 7.67. The number of rotatable bonds is 3. The standard InChI is InChI=1S/C9H6Cl9N3/c10-7(11,12)1-4-19-5(2-8(13,14)15)21-6(20-4)3-9(16,17)18/h1-3H2. The average molecular weight is 475 g/mol. The Morgan fingerprint density at radius 2 is 0.667 bits per heavy atom. The predicted molar refractivity (Wildman–Crippen MR) is 91.8 cm³/mol. The summed E-state index contributed by atoms with van der Waals surface area (Å²) in [5.74, 6) is 0.579. The molecule has 0 aliphatic heterocycles. The minimum Gasteiger partial charge on any atom is -0.218 e. The molecule has 3 nitrogen and oxygen atoms in total. The Bertz CT molecular complexity index is 405. The Morgan fingerprint density at radius 3 is 0.810 bits per heavy atom. The van der Waals surface area contributed by atoms with Crippen molar-refractivity contribution in [3.8, 4) is 0 Å². The highest BCUT2D eigenvalue weighted by molar-refractivity contribution is 6.68. The molecular formula is C9H6Cl9N3. The molecule has 0 radical (unpaired) electrons. The first-order chi connectivity index (χ1) is 9.23. The van der Waals surface area contributed by atoms with Crippen LogP contribution < -0.4 is 0 Å². The maximum atomic E-state index is 5.71. The lowest BCUT2D eigenvalue weighted by Gasteiger charge is -2.15. The number of hydrogen-bond acceptors (Lipinski definition) is 3. The van der Waals surface area contributed by atoms with E-state index in [1.54, 1.807) is 0 Å². The highest BCUT2D eigenvalue weighted by Crippen LogP contribution is 2.33. The highest BCUT2D eigenvalue weighted by Gasteiger charge is 2.28. The first-order valence-corrected chi connectivity index (χ1v) is 8.57. The second-order valence-electron chi connectivity index (χ2n) is 3.96. The number of aromatic nitrogens is 3. The SMILES string of the molecule is ClC(Cl)(Cl)Cc1nc(CC(Cl)(Cl)Cl)nc(CC(Cl)(Cl)Cl)n1. The van der Waals surface area contributed by atoms with Gasteiger partial charge in [-0.15, -0.1) is 0 Å². The molecule has 12 heteroatoms. The van der Waals surface area contributed by atoms with Gasteiger partial charge in [0.25, 0.3) is 0 Å². The molecule has 0 bridgehead atoms. The first kappa shape index (κ1) is 20.7. The number of alkyl halides is 9. The van der Waals surface area contributed by atoms with E-state index in [1.165, 1.54) is 0 Å². The van der Waals surface area contributed by atoms with E-state index >= 15 is 0 Å². The van der Waals surface area contributed by atoms with E-state index in [2.05, 4.69) is 15.0 Å². The van der Waals surface area contributed by atoms with E-state index < -0.39 is 11.4 Å². The van der Waals surface area contributed by atoms with Crippen LogP contribution in [0.3, 0.4) is 0 Å². The van der Waals surface area contributed by atoms with Crippen molar-refractivity contribution in [2.45, 2.75) is 30.6 Å². The van der Waals surface area contributed by atoms with Crippen LogP contribution in [0.15, 0.2) is 0 Å². The van der Waals surface area contributed by atoms with Crippen molar-refractivity contribution in [1.82, 2.24) is 15.0 Å². The zero-order chi connectivity index (χ0) is 16.5. The Balaban J connectivity index is 3.13. The number of hydrogen-bond donors (Lipinski definition) is 0. The molecule has 0 spiro atoms. The van der Waals surface area contributed by atoms with Crippen LogP contribution in [0.5, 0.6) is 0 Å². The van der Waals surface area contributed by atoms with Crippen molar-refractivity contribution in [1.29, 1.82) is 0 Å². The fraction of sp³-hybridized carbons (Fsp3) is 0.667. The van der Waals surface area contributed by atoms with E-state index in [9.17, 15) is 0 Å². The van der Waals surface area contributed by atoms with Gasteiger partial charge in [0.15, 0.2) is 11.4 Å². The van der Waals surface area contributed by atoms with E-state index in [1.807, 2.05) is 0 Å². The summed E-state index contributed by atoms with van der Waals surface area (Å²) in [5.41, 5.74) is 0. The van der Waals surface area contributed by atoms with Gasteiger partial charge in [-0.1, -0.05) is 104 Å². The summed E-state index contributed by atoms with van der Waals surface area (Å²) in [4.78, 5) is 12.2. The molecule has 0 amide bonds. The average Bonchev–Trinajstić information content (AvgIpc) is 2.06. The molecule has 1 aromatic rings. The number of halogens is 9. The second-order valence-corrected chi connectivity index (χ2v) is 11.5. The van der Waals surface area contributed by atoms with Crippen molar-refractivity contribution in [2.24, 2.45) is 0 Å². The molecule has 0 saturated heterocycles. The zero-order valence-corrected chi connectivity index (χ0v) is 16.7.